The molecule has 90 valence electrons. The Morgan fingerprint density at radius 2 is 1.75 bits per heavy atom. The molecule has 0 aliphatic rings. The van der Waals surface area contributed by atoms with Crippen LogP contribution in [0.25, 0.3) is 0 Å². The van der Waals surface area contributed by atoms with Gasteiger partial charge in [-0.3, -0.25) is 0 Å². The first-order chi connectivity index (χ1) is 7.23. The maximum atomic E-state index is 12.2. The van der Waals surface area contributed by atoms with Crippen molar-refractivity contribution in [3.63, 3.8) is 0 Å². The van der Waals surface area contributed by atoms with Crippen molar-refractivity contribution >= 4 is 31.9 Å². The second-order valence-corrected chi connectivity index (χ2v) is 4.89. The molecular weight excluding hydrogens is 355 g/mol. The third kappa shape index (κ3) is 3.19. The smallest absolute Gasteiger partial charge is 0.382 e. The van der Waals surface area contributed by atoms with Gasteiger partial charge in [-0.2, -0.15) is 13.2 Å². The fraction of sp³-hybridized carbons (Fsp3) is 0.333. The number of nitrogens with two attached hydrogens (primary N) is 1. The second kappa shape index (κ2) is 5.03. The van der Waals surface area contributed by atoms with Crippen LogP contribution in [0.5, 0.6) is 0 Å². The van der Waals surface area contributed by atoms with Gasteiger partial charge in [-0.15, -0.1) is 0 Å². The van der Waals surface area contributed by atoms with E-state index in [1.54, 1.807) is 6.07 Å². The summed E-state index contributed by atoms with van der Waals surface area (Å²) >= 11 is 6.33. The van der Waals surface area contributed by atoms with E-state index in [9.17, 15) is 13.2 Å². The molecule has 7 heteroatoms. The third-order valence-corrected chi connectivity index (χ3v) is 3.88. The summed E-state index contributed by atoms with van der Waals surface area (Å²) in [6.45, 7) is 0. The van der Waals surface area contributed by atoms with Gasteiger partial charge in [0, 0.05) is 8.95 Å². The Morgan fingerprint density at radius 3 is 2.19 bits per heavy atom. The summed E-state index contributed by atoms with van der Waals surface area (Å²) in [7, 11) is 0. The summed E-state index contributed by atoms with van der Waals surface area (Å²) in [4.78, 5) is 0. The molecule has 0 aliphatic carbocycles. The van der Waals surface area contributed by atoms with Crippen LogP contribution in [0.4, 0.5) is 13.2 Å². The van der Waals surface area contributed by atoms with Gasteiger partial charge in [0.25, 0.3) is 0 Å². The summed E-state index contributed by atoms with van der Waals surface area (Å²) in [5.74, 6) is 0. The highest BCUT2D eigenvalue weighted by Gasteiger charge is 2.42. The minimum atomic E-state index is -4.72. The number of benzene rings is 1. The summed E-state index contributed by atoms with van der Waals surface area (Å²) in [5, 5.41) is 8.99. The highest BCUT2D eigenvalue weighted by atomic mass is 79.9. The summed E-state index contributed by atoms with van der Waals surface area (Å²) in [6.07, 6.45) is -7.29. The monoisotopic (exact) mass is 361 g/mol. The fourth-order valence-corrected chi connectivity index (χ4v) is 1.75. The van der Waals surface area contributed by atoms with Gasteiger partial charge in [0.05, 0.1) is 6.04 Å². The molecule has 1 aromatic rings. The van der Waals surface area contributed by atoms with Gasteiger partial charge in [0.2, 0.25) is 0 Å². The first-order valence-corrected chi connectivity index (χ1v) is 5.77. The Kier molecular flexibility index (Phi) is 4.39. The van der Waals surface area contributed by atoms with Crippen molar-refractivity contribution in [3.05, 3.63) is 32.7 Å². The SMILES string of the molecule is N[C@H](c1ccc(Br)c(Br)c1)[C@@H](O)C(F)(F)F. The summed E-state index contributed by atoms with van der Waals surface area (Å²) in [6, 6.07) is 2.92. The molecule has 0 radical (unpaired) electrons. The van der Waals surface area contributed by atoms with E-state index in [1.165, 1.54) is 12.1 Å². The van der Waals surface area contributed by atoms with Crippen LogP contribution < -0.4 is 5.73 Å². The number of aliphatic hydroxyl groups excluding tert-OH is 1. The van der Waals surface area contributed by atoms with Crippen molar-refractivity contribution in [2.24, 2.45) is 5.73 Å². The highest BCUT2D eigenvalue weighted by molar-refractivity contribution is 9.13. The number of aliphatic hydroxyl groups is 1. The van der Waals surface area contributed by atoms with Gasteiger partial charge in [0.15, 0.2) is 6.10 Å². The fourth-order valence-electron chi connectivity index (χ4n) is 1.11. The second-order valence-electron chi connectivity index (χ2n) is 3.19. The van der Waals surface area contributed by atoms with Crippen molar-refractivity contribution in [2.45, 2.75) is 18.3 Å². The Balaban J connectivity index is 2.97. The van der Waals surface area contributed by atoms with E-state index in [0.29, 0.717) is 8.95 Å². The molecule has 0 amide bonds. The average Bonchev–Trinajstić information content (AvgIpc) is 2.18. The van der Waals surface area contributed by atoms with E-state index in [4.69, 9.17) is 10.8 Å². The zero-order chi connectivity index (χ0) is 12.5. The maximum absolute atomic E-state index is 12.2. The molecule has 0 saturated heterocycles. The maximum Gasteiger partial charge on any atom is 0.416 e. The molecule has 0 unspecified atom stereocenters. The van der Waals surface area contributed by atoms with Gasteiger partial charge in [-0.05, 0) is 49.6 Å². The van der Waals surface area contributed by atoms with Crippen LogP contribution >= 0.6 is 31.9 Å². The zero-order valence-electron chi connectivity index (χ0n) is 7.80. The predicted octanol–water partition coefficient (Wildman–Crippen LogP) is 3.13. The van der Waals surface area contributed by atoms with E-state index >= 15 is 0 Å². The molecule has 0 saturated carbocycles. The largest absolute Gasteiger partial charge is 0.416 e. The molecule has 0 heterocycles. The number of halogens is 5. The molecule has 1 aromatic carbocycles. The van der Waals surface area contributed by atoms with Crippen molar-refractivity contribution < 1.29 is 18.3 Å². The number of rotatable bonds is 2. The van der Waals surface area contributed by atoms with Crippen LogP contribution in [0.2, 0.25) is 0 Å². The highest BCUT2D eigenvalue weighted by Crippen LogP contribution is 2.31. The van der Waals surface area contributed by atoms with E-state index < -0.39 is 18.3 Å². The predicted molar refractivity (Wildman–Crippen MR) is 60.8 cm³/mol. The van der Waals surface area contributed by atoms with Gasteiger partial charge in [-0.1, -0.05) is 6.07 Å². The quantitative estimate of drug-likeness (QED) is 0.849. The molecule has 0 bridgehead atoms. The Bertz CT molecular complexity index is 384. The number of hydrogen-bond acceptors (Lipinski definition) is 2. The van der Waals surface area contributed by atoms with Crippen LogP contribution in [0, 0.1) is 0 Å². The van der Waals surface area contributed by atoms with Crippen LogP contribution in [-0.4, -0.2) is 17.4 Å². The summed E-state index contributed by atoms with van der Waals surface area (Å²) in [5.41, 5.74) is 5.55. The molecule has 0 fully saturated rings. The number of alkyl halides is 3. The Morgan fingerprint density at radius 1 is 1.19 bits per heavy atom. The summed E-state index contributed by atoms with van der Waals surface area (Å²) < 4.78 is 37.9. The lowest BCUT2D eigenvalue weighted by Crippen LogP contribution is -2.38. The molecule has 16 heavy (non-hydrogen) atoms. The molecule has 0 spiro atoms. The Labute approximate surface area is 107 Å². The van der Waals surface area contributed by atoms with Gasteiger partial charge in [0.1, 0.15) is 0 Å². The molecule has 1 rings (SSSR count). The normalized spacial score (nSPS) is 15.9. The lowest BCUT2D eigenvalue weighted by molar-refractivity contribution is -0.210. The van der Waals surface area contributed by atoms with Crippen molar-refractivity contribution in [2.75, 3.05) is 0 Å². The molecular formula is C9H8Br2F3NO. The van der Waals surface area contributed by atoms with E-state index in [2.05, 4.69) is 31.9 Å². The topological polar surface area (TPSA) is 46.2 Å². The first-order valence-electron chi connectivity index (χ1n) is 4.19. The van der Waals surface area contributed by atoms with Crippen LogP contribution in [0.15, 0.2) is 27.1 Å². The van der Waals surface area contributed by atoms with E-state index in [1.807, 2.05) is 0 Å². The van der Waals surface area contributed by atoms with Crippen LogP contribution in [-0.2, 0) is 0 Å². The van der Waals surface area contributed by atoms with Crippen LogP contribution in [0.3, 0.4) is 0 Å². The standard InChI is InChI=1S/C9H8Br2F3NO/c10-5-2-1-4(3-6(5)11)7(15)8(16)9(12,13)14/h1-3,7-8,16H,15H2/t7-,8-/m1/s1. The van der Waals surface area contributed by atoms with Gasteiger partial charge in [-0.25, -0.2) is 0 Å². The minimum Gasteiger partial charge on any atom is -0.382 e. The minimum absolute atomic E-state index is 0.208. The Hall–Kier alpha value is -0.110. The molecule has 0 aromatic heterocycles. The van der Waals surface area contributed by atoms with E-state index in [-0.39, 0.29) is 5.56 Å². The van der Waals surface area contributed by atoms with E-state index in [0.717, 1.165) is 0 Å². The first kappa shape index (κ1) is 14.0. The molecule has 0 aliphatic heterocycles. The average molecular weight is 363 g/mol. The van der Waals surface area contributed by atoms with Gasteiger partial charge >= 0.3 is 6.18 Å². The van der Waals surface area contributed by atoms with Crippen molar-refractivity contribution in [3.8, 4) is 0 Å². The molecule has 2 atom stereocenters. The lowest BCUT2D eigenvalue weighted by Gasteiger charge is -2.21. The van der Waals surface area contributed by atoms with Gasteiger partial charge < -0.3 is 10.8 Å². The lowest BCUT2D eigenvalue weighted by atomic mass is 10.0. The third-order valence-electron chi connectivity index (χ3n) is 2.00. The number of hydrogen-bond donors (Lipinski definition) is 2. The van der Waals surface area contributed by atoms with Crippen molar-refractivity contribution in [1.82, 2.24) is 0 Å². The zero-order valence-corrected chi connectivity index (χ0v) is 11.0. The van der Waals surface area contributed by atoms with Crippen molar-refractivity contribution in [1.29, 1.82) is 0 Å². The van der Waals surface area contributed by atoms with Crippen LogP contribution in [0.1, 0.15) is 11.6 Å². The molecule has 2 nitrogen and oxygen atoms in total. The molecule has 3 N–H and O–H groups in total.